The van der Waals surface area contributed by atoms with Gasteiger partial charge in [-0.15, -0.1) is 10.2 Å². The van der Waals surface area contributed by atoms with E-state index in [1.54, 1.807) is 24.5 Å². The lowest BCUT2D eigenvalue weighted by atomic mass is 9.98. The highest BCUT2D eigenvalue weighted by molar-refractivity contribution is 6.02. The number of benzene rings is 1. The molecule has 4 rings (SSSR count). The smallest absolute Gasteiger partial charge is 0.409 e. The van der Waals surface area contributed by atoms with Crippen LogP contribution in [-0.2, 0) is 11.2 Å². The summed E-state index contributed by atoms with van der Waals surface area (Å²) in [6.07, 6.45) is 2.07. The molecular formula is C20H18FN5O3. The third kappa shape index (κ3) is 3.84. The fraction of sp³-hybridized carbons (Fsp3) is 0.250. The molecule has 148 valence electrons. The number of aryl methyl sites for hydroxylation is 1. The van der Waals surface area contributed by atoms with Crippen molar-refractivity contribution in [3.8, 4) is 11.1 Å². The van der Waals surface area contributed by atoms with E-state index >= 15 is 0 Å². The Morgan fingerprint density at radius 3 is 2.72 bits per heavy atom. The molecule has 9 heteroatoms. The molecule has 3 aromatic rings. The molecule has 0 bridgehead atoms. The first-order valence-corrected chi connectivity index (χ1v) is 9.16. The van der Waals surface area contributed by atoms with Crippen LogP contribution in [0.25, 0.3) is 22.0 Å². The average molecular weight is 395 g/mol. The number of amides is 2. The molecule has 2 aromatic heterocycles. The number of pyridine rings is 1. The summed E-state index contributed by atoms with van der Waals surface area (Å²) in [5.74, 6) is -0.904. The highest BCUT2D eigenvalue weighted by atomic mass is 19.1. The van der Waals surface area contributed by atoms with E-state index in [2.05, 4.69) is 25.8 Å². The van der Waals surface area contributed by atoms with Crippen molar-refractivity contribution in [1.82, 2.24) is 15.2 Å². The molecule has 29 heavy (non-hydrogen) atoms. The minimum Gasteiger partial charge on any atom is -0.465 e. The topological polar surface area (TPSA) is 117 Å². The monoisotopic (exact) mass is 395 g/mol. The number of anilines is 2. The zero-order valence-corrected chi connectivity index (χ0v) is 15.5. The maximum atomic E-state index is 13.1. The zero-order chi connectivity index (χ0) is 20.5. The van der Waals surface area contributed by atoms with Crippen LogP contribution in [0, 0.1) is 5.92 Å². The number of carbonyl (C=O) groups excluding carboxylic acids is 1. The molecule has 0 radical (unpaired) electrons. The van der Waals surface area contributed by atoms with Gasteiger partial charge in [0.05, 0.1) is 11.6 Å². The summed E-state index contributed by atoms with van der Waals surface area (Å²) in [6, 6.07) is 7.01. The summed E-state index contributed by atoms with van der Waals surface area (Å²) in [4.78, 5) is 27.4. The number of halogens is 1. The lowest BCUT2D eigenvalue weighted by Gasteiger charge is -2.12. The molecule has 1 aromatic carbocycles. The first-order chi connectivity index (χ1) is 14.0. The molecule has 0 spiro atoms. The van der Waals surface area contributed by atoms with E-state index in [1.165, 1.54) is 0 Å². The maximum Gasteiger partial charge on any atom is 0.409 e. The van der Waals surface area contributed by atoms with Gasteiger partial charge in [0, 0.05) is 23.3 Å². The summed E-state index contributed by atoms with van der Waals surface area (Å²) in [7, 11) is 0. The fourth-order valence-electron chi connectivity index (χ4n) is 3.23. The number of alkyl halides is 1. The third-order valence-corrected chi connectivity index (χ3v) is 4.83. The van der Waals surface area contributed by atoms with E-state index in [0.717, 1.165) is 23.1 Å². The van der Waals surface area contributed by atoms with Crippen LogP contribution >= 0.6 is 0 Å². The van der Waals surface area contributed by atoms with E-state index in [1.807, 2.05) is 19.1 Å². The molecule has 0 saturated heterocycles. The number of carbonyl (C=O) groups is 2. The van der Waals surface area contributed by atoms with Crippen LogP contribution in [0.3, 0.4) is 0 Å². The van der Waals surface area contributed by atoms with Crippen molar-refractivity contribution >= 4 is 34.4 Å². The molecule has 1 saturated carbocycles. The van der Waals surface area contributed by atoms with E-state index in [-0.39, 0.29) is 17.9 Å². The zero-order valence-electron chi connectivity index (χ0n) is 15.5. The van der Waals surface area contributed by atoms with E-state index < -0.39 is 24.1 Å². The largest absolute Gasteiger partial charge is 0.465 e. The van der Waals surface area contributed by atoms with Gasteiger partial charge in [-0.05, 0) is 48.2 Å². The molecule has 2 unspecified atom stereocenters. The van der Waals surface area contributed by atoms with Gasteiger partial charge in [0.15, 0.2) is 5.82 Å². The first kappa shape index (κ1) is 18.7. The summed E-state index contributed by atoms with van der Waals surface area (Å²) in [5, 5.41) is 22.7. The van der Waals surface area contributed by atoms with Gasteiger partial charge in [0.25, 0.3) is 0 Å². The van der Waals surface area contributed by atoms with Gasteiger partial charge in [0.1, 0.15) is 11.7 Å². The average Bonchev–Trinajstić information content (AvgIpc) is 3.44. The quantitative estimate of drug-likeness (QED) is 0.607. The summed E-state index contributed by atoms with van der Waals surface area (Å²) in [6.45, 7) is 2.02. The molecule has 2 amide bonds. The predicted octanol–water partition coefficient (Wildman–Crippen LogP) is 3.64. The second kappa shape index (κ2) is 7.42. The normalized spacial score (nSPS) is 17.7. The Bertz CT molecular complexity index is 1120. The molecule has 2 heterocycles. The molecular weight excluding hydrogens is 377 g/mol. The minimum absolute atomic E-state index is 0.182. The Labute approximate surface area is 165 Å². The Morgan fingerprint density at radius 1 is 1.24 bits per heavy atom. The number of aromatic nitrogens is 3. The fourth-order valence-corrected chi connectivity index (χ4v) is 3.23. The maximum absolute atomic E-state index is 13.1. The molecule has 1 aliphatic rings. The van der Waals surface area contributed by atoms with Crippen molar-refractivity contribution in [2.45, 2.75) is 25.9 Å². The van der Waals surface area contributed by atoms with Crippen LogP contribution in [0.15, 0.2) is 36.7 Å². The number of fused-ring (bicyclic) bond motifs is 1. The standard InChI is InChI=1S/C20H18FN5O3/c1-2-10-3-4-22-9-14(10)11-5-12-7-17(24-19(27)13-8-15(13)21)25-26-18(12)16(6-11)23-20(28)29/h3-7,9,13,15,23H,2,8H2,1H3,(H,28,29)(H,24,25,27). The van der Waals surface area contributed by atoms with Crippen LogP contribution in [0.5, 0.6) is 0 Å². The summed E-state index contributed by atoms with van der Waals surface area (Å²) >= 11 is 0. The van der Waals surface area contributed by atoms with Crippen molar-refractivity contribution in [3.63, 3.8) is 0 Å². The van der Waals surface area contributed by atoms with Crippen molar-refractivity contribution in [2.75, 3.05) is 10.6 Å². The van der Waals surface area contributed by atoms with Crippen LogP contribution in [0.4, 0.5) is 20.7 Å². The van der Waals surface area contributed by atoms with Crippen LogP contribution < -0.4 is 10.6 Å². The Balaban J connectivity index is 1.79. The number of nitrogens with one attached hydrogen (secondary N) is 2. The van der Waals surface area contributed by atoms with Gasteiger partial charge in [-0.1, -0.05) is 6.92 Å². The van der Waals surface area contributed by atoms with Gasteiger partial charge < -0.3 is 10.4 Å². The number of hydrogen-bond acceptors (Lipinski definition) is 5. The highest BCUT2D eigenvalue weighted by Gasteiger charge is 2.43. The van der Waals surface area contributed by atoms with Crippen molar-refractivity contribution in [1.29, 1.82) is 0 Å². The highest BCUT2D eigenvalue weighted by Crippen LogP contribution is 2.35. The molecule has 8 nitrogen and oxygen atoms in total. The molecule has 2 atom stereocenters. The van der Waals surface area contributed by atoms with Gasteiger partial charge in [0.2, 0.25) is 5.91 Å². The third-order valence-electron chi connectivity index (χ3n) is 4.83. The Hall–Kier alpha value is -3.62. The molecule has 0 aliphatic heterocycles. The van der Waals surface area contributed by atoms with Crippen LogP contribution in [-0.4, -0.2) is 38.5 Å². The lowest BCUT2D eigenvalue weighted by molar-refractivity contribution is -0.117. The van der Waals surface area contributed by atoms with Crippen molar-refractivity contribution in [2.24, 2.45) is 5.92 Å². The van der Waals surface area contributed by atoms with Crippen LogP contribution in [0.2, 0.25) is 0 Å². The molecule has 1 fully saturated rings. The number of rotatable bonds is 5. The summed E-state index contributed by atoms with van der Waals surface area (Å²) in [5.41, 5.74) is 3.28. The second-order valence-electron chi connectivity index (χ2n) is 6.86. The van der Waals surface area contributed by atoms with Crippen molar-refractivity contribution in [3.05, 3.63) is 42.2 Å². The van der Waals surface area contributed by atoms with Gasteiger partial charge >= 0.3 is 6.09 Å². The molecule has 1 aliphatic carbocycles. The predicted molar refractivity (Wildman–Crippen MR) is 105 cm³/mol. The van der Waals surface area contributed by atoms with Gasteiger partial charge in [-0.3, -0.25) is 15.1 Å². The second-order valence-corrected chi connectivity index (χ2v) is 6.86. The molecule has 3 N–H and O–H groups in total. The number of nitrogens with zero attached hydrogens (tertiary/aromatic N) is 3. The Kier molecular flexibility index (Phi) is 4.79. The lowest BCUT2D eigenvalue weighted by Crippen LogP contribution is -2.16. The van der Waals surface area contributed by atoms with Crippen LogP contribution in [0.1, 0.15) is 18.9 Å². The van der Waals surface area contributed by atoms with Gasteiger partial charge in [-0.25, -0.2) is 9.18 Å². The summed E-state index contributed by atoms with van der Waals surface area (Å²) < 4.78 is 13.1. The minimum atomic E-state index is -1.23. The SMILES string of the molecule is CCc1ccncc1-c1cc(NC(=O)O)c2nnc(NC(=O)C3CC3F)cc2c1. The van der Waals surface area contributed by atoms with Gasteiger partial charge in [-0.2, -0.15) is 0 Å². The Morgan fingerprint density at radius 2 is 2.03 bits per heavy atom. The first-order valence-electron chi connectivity index (χ1n) is 9.16. The number of hydrogen-bond donors (Lipinski definition) is 3. The van der Waals surface area contributed by atoms with E-state index in [0.29, 0.717) is 10.9 Å². The number of carboxylic acid groups (broad SMARTS) is 1. The van der Waals surface area contributed by atoms with E-state index in [4.69, 9.17) is 0 Å². The van der Waals surface area contributed by atoms with Crippen molar-refractivity contribution < 1.29 is 19.1 Å². The van der Waals surface area contributed by atoms with E-state index in [9.17, 15) is 19.1 Å².